The molecule has 0 radical (unpaired) electrons. The maximum absolute atomic E-state index is 9.45. The van der Waals surface area contributed by atoms with E-state index in [1.807, 2.05) is 0 Å². The summed E-state index contributed by atoms with van der Waals surface area (Å²) in [4.78, 5) is 9.45. The minimum absolute atomic E-state index is 0. The van der Waals surface area contributed by atoms with Gasteiger partial charge in [0.2, 0.25) is 0 Å². The molecule has 0 aliphatic rings. The Hall–Kier alpha value is 1.07. The van der Waals surface area contributed by atoms with Crippen molar-refractivity contribution < 1.29 is 67.8 Å². The molecule has 0 unspecified atom stereocenters. The predicted molar refractivity (Wildman–Crippen MR) is 20.4 cm³/mol. The molecule has 0 aliphatic carbocycles. The molecule has 0 saturated carbocycles. The summed E-state index contributed by atoms with van der Waals surface area (Å²) in [5.41, 5.74) is 0. The summed E-state index contributed by atoms with van der Waals surface area (Å²) in [6.07, 6.45) is -1.23. The van der Waals surface area contributed by atoms with E-state index >= 15 is 0 Å². The average molecular weight is 130 g/mol. The fourth-order valence-corrected chi connectivity index (χ4v) is 0. The number of hydrogen-bond acceptors (Lipinski definition) is 2. The van der Waals surface area contributed by atoms with Gasteiger partial charge < -0.3 is 11.6 Å². The van der Waals surface area contributed by atoms with Gasteiger partial charge in [0.1, 0.15) is 6.10 Å². The third kappa shape index (κ3) is 7.07. The Morgan fingerprint density at radius 1 is 1.86 bits per heavy atom. The molecule has 0 rings (SSSR count). The Labute approximate surface area is 85.6 Å². The van der Waals surface area contributed by atoms with Crippen LogP contribution in [0.5, 0.6) is 0 Å². The molecule has 0 aromatic heterocycles. The van der Waals surface area contributed by atoms with E-state index in [-0.39, 0.29) is 52.8 Å². The fourth-order valence-electron chi connectivity index (χ4n) is 0. The number of aliphatic hydroxyl groups is 1. The van der Waals surface area contributed by atoms with Crippen molar-refractivity contribution in [3.8, 4) is 0 Å². The van der Waals surface area contributed by atoms with Crippen LogP contribution in [0.3, 0.4) is 0 Å². The van der Waals surface area contributed by atoms with Crippen LogP contribution < -0.4 is 51.4 Å². The van der Waals surface area contributed by atoms with Crippen LogP contribution in [0.25, 0.3) is 0 Å². The van der Waals surface area contributed by atoms with E-state index in [0.717, 1.165) is 0 Å². The van der Waals surface area contributed by atoms with Crippen molar-refractivity contribution in [2.75, 3.05) is 0 Å². The quantitative estimate of drug-likeness (QED) is 0.363. The van der Waals surface area contributed by atoms with Gasteiger partial charge >= 0.3 is 57.4 Å². The molecule has 0 saturated heterocycles. The Morgan fingerprint density at radius 3 is 2.00 bits per heavy atom. The minimum atomic E-state index is -1.23. The van der Waals surface area contributed by atoms with Crippen LogP contribution in [0.4, 0.5) is 0 Å². The van der Waals surface area contributed by atoms with E-state index in [2.05, 4.69) is 0 Å². The second kappa shape index (κ2) is 5.21. The Kier molecular flexibility index (Phi) is 8.14. The van der Waals surface area contributed by atoms with Crippen molar-refractivity contribution >= 4 is 5.97 Å². The van der Waals surface area contributed by atoms with Crippen molar-refractivity contribution in [2.24, 2.45) is 0 Å². The van der Waals surface area contributed by atoms with Gasteiger partial charge in [0.15, 0.2) is 0 Å². The fraction of sp³-hybridized carbons (Fsp3) is 0.667. The van der Waals surface area contributed by atoms with E-state index in [9.17, 15) is 4.79 Å². The molecule has 0 fully saturated rings. The molecular formula is C3H7KO3. The first kappa shape index (κ1) is 10.9. The average Bonchev–Trinajstić information content (AvgIpc) is 1.36. The molecule has 4 heteroatoms. The van der Waals surface area contributed by atoms with Crippen LogP contribution in [0, 0.1) is 0 Å². The molecule has 3 nitrogen and oxygen atoms in total. The summed E-state index contributed by atoms with van der Waals surface area (Å²) in [6, 6.07) is 0. The first-order valence-corrected chi connectivity index (χ1v) is 1.55. The second-order valence-corrected chi connectivity index (χ2v) is 1.01. The van der Waals surface area contributed by atoms with Crippen molar-refractivity contribution in [3.05, 3.63) is 0 Å². The van der Waals surface area contributed by atoms with Gasteiger partial charge in [-0.2, -0.15) is 0 Å². The van der Waals surface area contributed by atoms with Crippen molar-refractivity contribution in [2.45, 2.75) is 13.0 Å². The second-order valence-electron chi connectivity index (χ2n) is 1.01. The molecule has 1 atom stereocenters. The summed E-state index contributed by atoms with van der Waals surface area (Å²) >= 11 is 0. The molecule has 0 aromatic rings. The maximum Gasteiger partial charge on any atom is 1.00 e. The summed E-state index contributed by atoms with van der Waals surface area (Å²) in [6.45, 7) is 1.20. The first-order valence-electron chi connectivity index (χ1n) is 1.55. The van der Waals surface area contributed by atoms with Crippen LogP contribution in [-0.4, -0.2) is 22.3 Å². The third-order valence-corrected chi connectivity index (χ3v) is 0.357. The number of aliphatic hydroxyl groups excluding tert-OH is 1. The smallest absolute Gasteiger partial charge is 1.00 e. The Bertz CT molecular complexity index is 65.5. The molecule has 2 N–H and O–H groups in total. The van der Waals surface area contributed by atoms with Crippen LogP contribution in [-0.2, 0) is 4.79 Å². The molecule has 38 valence electrons. The normalized spacial score (nSPS) is 11.7. The molecule has 0 aromatic carbocycles. The Morgan fingerprint density at radius 2 is 2.00 bits per heavy atom. The van der Waals surface area contributed by atoms with Gasteiger partial charge in [-0.05, 0) is 6.92 Å². The van der Waals surface area contributed by atoms with Gasteiger partial charge in [-0.3, -0.25) is 0 Å². The standard InChI is InChI=1S/C3H6O3.K.H/c1-2(4)3(5)6;;/h2,4H,1H3,(H,5,6);;/q;+1;-1/t2-;;/m0../s1. The zero-order valence-corrected chi connectivity index (χ0v) is 7.50. The number of rotatable bonds is 1. The topological polar surface area (TPSA) is 57.5 Å². The summed E-state index contributed by atoms with van der Waals surface area (Å²) in [5.74, 6) is -1.19. The molecular weight excluding hydrogens is 123 g/mol. The maximum atomic E-state index is 9.45. The molecule has 0 amide bonds. The van der Waals surface area contributed by atoms with E-state index in [1.165, 1.54) is 6.92 Å². The number of carboxylic acid groups (broad SMARTS) is 1. The van der Waals surface area contributed by atoms with Crippen LogP contribution in [0.15, 0.2) is 0 Å². The summed E-state index contributed by atoms with van der Waals surface area (Å²) < 4.78 is 0. The largest absolute Gasteiger partial charge is 1.00 e. The third-order valence-electron chi connectivity index (χ3n) is 0.357. The van der Waals surface area contributed by atoms with E-state index < -0.39 is 12.1 Å². The van der Waals surface area contributed by atoms with Gasteiger partial charge in [-0.15, -0.1) is 0 Å². The first-order chi connectivity index (χ1) is 2.64. The van der Waals surface area contributed by atoms with Crippen LogP contribution in [0.2, 0.25) is 0 Å². The molecule has 0 spiro atoms. The zero-order valence-electron chi connectivity index (χ0n) is 5.38. The molecule has 0 aliphatic heterocycles. The number of aliphatic carboxylic acids is 1. The number of carbonyl (C=O) groups is 1. The van der Waals surface area contributed by atoms with Gasteiger partial charge in [-0.25, -0.2) is 4.79 Å². The van der Waals surface area contributed by atoms with Crippen molar-refractivity contribution in [1.29, 1.82) is 0 Å². The molecule has 7 heavy (non-hydrogen) atoms. The SMILES string of the molecule is C[C@H](O)C(=O)O.[H-].[K+]. The number of hydrogen-bond donors (Lipinski definition) is 2. The predicted octanol–water partition coefficient (Wildman–Crippen LogP) is -3.43. The summed E-state index contributed by atoms with van der Waals surface area (Å²) in [7, 11) is 0. The number of carboxylic acids is 1. The molecule has 0 heterocycles. The van der Waals surface area contributed by atoms with Gasteiger partial charge in [0, 0.05) is 0 Å². The molecule has 0 bridgehead atoms. The van der Waals surface area contributed by atoms with Crippen molar-refractivity contribution in [1.82, 2.24) is 0 Å². The van der Waals surface area contributed by atoms with E-state index in [1.54, 1.807) is 0 Å². The van der Waals surface area contributed by atoms with Crippen molar-refractivity contribution in [3.63, 3.8) is 0 Å². The van der Waals surface area contributed by atoms with Gasteiger partial charge in [-0.1, -0.05) is 0 Å². The van der Waals surface area contributed by atoms with E-state index in [0.29, 0.717) is 0 Å². The van der Waals surface area contributed by atoms with E-state index in [4.69, 9.17) is 10.2 Å². The van der Waals surface area contributed by atoms with Gasteiger partial charge in [0.25, 0.3) is 0 Å². The van der Waals surface area contributed by atoms with Gasteiger partial charge in [0.05, 0.1) is 0 Å². The Balaban J connectivity index is -0.000000125. The minimum Gasteiger partial charge on any atom is -1.00 e. The summed E-state index contributed by atoms with van der Waals surface area (Å²) in [5, 5.41) is 15.8. The van der Waals surface area contributed by atoms with Crippen LogP contribution in [0.1, 0.15) is 8.35 Å². The van der Waals surface area contributed by atoms with Crippen LogP contribution >= 0.6 is 0 Å². The zero-order chi connectivity index (χ0) is 5.15. The monoisotopic (exact) mass is 130 g/mol.